The molecular weight excluding hydrogens is 270 g/mol. The van der Waals surface area contributed by atoms with E-state index in [1.807, 2.05) is 6.07 Å². The van der Waals surface area contributed by atoms with Gasteiger partial charge in [0.1, 0.15) is 0 Å². The molecule has 0 N–H and O–H groups in total. The van der Waals surface area contributed by atoms with Crippen LogP contribution in [0.3, 0.4) is 0 Å². The number of carbonyl (C=O) groups excluding carboxylic acids is 1. The van der Waals surface area contributed by atoms with Gasteiger partial charge in [0.25, 0.3) is 11.6 Å². The molecule has 6 nitrogen and oxygen atoms in total. The summed E-state index contributed by atoms with van der Waals surface area (Å²) in [5.74, 6) is -0.250. The summed E-state index contributed by atoms with van der Waals surface area (Å²) in [5.41, 5.74) is 1.87. The molecule has 0 saturated heterocycles. The van der Waals surface area contributed by atoms with Crippen molar-refractivity contribution in [2.75, 3.05) is 7.05 Å². The Balaban J connectivity index is 2.23. The number of benzene rings is 1. The zero-order valence-electron chi connectivity index (χ0n) is 11.8. The second-order valence-corrected chi connectivity index (χ2v) is 4.78. The minimum Gasteiger partial charge on any atom is -0.337 e. The molecule has 0 radical (unpaired) electrons. The topological polar surface area (TPSA) is 76.3 Å². The summed E-state index contributed by atoms with van der Waals surface area (Å²) in [5, 5.41) is 10.8. The van der Waals surface area contributed by atoms with Crippen LogP contribution in [0.2, 0.25) is 0 Å². The second-order valence-electron chi connectivity index (χ2n) is 4.78. The third-order valence-corrected chi connectivity index (χ3v) is 3.15. The van der Waals surface area contributed by atoms with Crippen molar-refractivity contribution in [1.29, 1.82) is 0 Å². The number of rotatable bonds is 4. The Morgan fingerprint density at radius 2 is 2.14 bits per heavy atom. The molecule has 0 spiro atoms. The summed E-state index contributed by atoms with van der Waals surface area (Å²) >= 11 is 0. The molecule has 1 aromatic carbocycles. The standard InChI is InChI=1S/C15H15N3O3/c1-11-5-6-13(18(20)21)8-14(11)15(19)17(2)10-12-4-3-7-16-9-12/h3-9H,10H2,1-2H3. The monoisotopic (exact) mass is 285 g/mol. The van der Waals surface area contributed by atoms with E-state index in [9.17, 15) is 14.9 Å². The highest BCUT2D eigenvalue weighted by atomic mass is 16.6. The first kappa shape index (κ1) is 14.6. The van der Waals surface area contributed by atoms with Crippen LogP contribution < -0.4 is 0 Å². The van der Waals surface area contributed by atoms with Gasteiger partial charge >= 0.3 is 0 Å². The Morgan fingerprint density at radius 3 is 2.76 bits per heavy atom. The van der Waals surface area contributed by atoms with Crippen LogP contribution in [-0.2, 0) is 6.54 Å². The fourth-order valence-corrected chi connectivity index (χ4v) is 2.00. The van der Waals surface area contributed by atoms with Crippen molar-refractivity contribution in [3.63, 3.8) is 0 Å². The largest absolute Gasteiger partial charge is 0.337 e. The first-order chi connectivity index (χ1) is 9.99. The van der Waals surface area contributed by atoms with E-state index in [0.717, 1.165) is 5.56 Å². The number of aromatic nitrogens is 1. The number of non-ortho nitro benzene ring substituents is 1. The third-order valence-electron chi connectivity index (χ3n) is 3.15. The highest BCUT2D eigenvalue weighted by Gasteiger charge is 2.18. The molecule has 21 heavy (non-hydrogen) atoms. The van der Waals surface area contributed by atoms with Crippen LogP contribution in [0, 0.1) is 17.0 Å². The lowest BCUT2D eigenvalue weighted by molar-refractivity contribution is -0.384. The van der Waals surface area contributed by atoms with Gasteiger partial charge in [0.2, 0.25) is 0 Å². The molecule has 6 heteroatoms. The molecule has 2 rings (SSSR count). The number of amides is 1. The van der Waals surface area contributed by atoms with E-state index < -0.39 is 4.92 Å². The van der Waals surface area contributed by atoms with Gasteiger partial charge in [-0.25, -0.2) is 0 Å². The minimum atomic E-state index is -0.503. The maximum atomic E-state index is 12.4. The van der Waals surface area contributed by atoms with Crippen molar-refractivity contribution in [3.8, 4) is 0 Å². The van der Waals surface area contributed by atoms with Crippen LogP contribution in [0.5, 0.6) is 0 Å². The number of aryl methyl sites for hydroxylation is 1. The van der Waals surface area contributed by atoms with Gasteiger partial charge in [-0.05, 0) is 24.1 Å². The Labute approximate surface area is 122 Å². The van der Waals surface area contributed by atoms with E-state index in [4.69, 9.17) is 0 Å². The van der Waals surface area contributed by atoms with Gasteiger partial charge in [0.15, 0.2) is 0 Å². The predicted octanol–water partition coefficient (Wildman–Crippen LogP) is 2.57. The van der Waals surface area contributed by atoms with E-state index in [-0.39, 0.29) is 11.6 Å². The summed E-state index contributed by atoms with van der Waals surface area (Å²) in [6, 6.07) is 7.97. The van der Waals surface area contributed by atoms with E-state index in [0.29, 0.717) is 17.7 Å². The van der Waals surface area contributed by atoms with Gasteiger partial charge in [-0.3, -0.25) is 19.9 Å². The molecule has 0 aliphatic heterocycles. The minimum absolute atomic E-state index is 0.0845. The SMILES string of the molecule is Cc1ccc([N+](=O)[O-])cc1C(=O)N(C)Cc1cccnc1. The van der Waals surface area contributed by atoms with Gasteiger partial charge < -0.3 is 4.90 Å². The molecule has 0 aliphatic carbocycles. The Hall–Kier alpha value is -2.76. The highest BCUT2D eigenvalue weighted by molar-refractivity contribution is 5.96. The Morgan fingerprint density at radius 1 is 1.38 bits per heavy atom. The zero-order valence-corrected chi connectivity index (χ0v) is 11.8. The van der Waals surface area contributed by atoms with Crippen LogP contribution in [0.25, 0.3) is 0 Å². The van der Waals surface area contributed by atoms with Gasteiger partial charge in [0, 0.05) is 43.7 Å². The molecule has 2 aromatic rings. The second kappa shape index (κ2) is 6.13. The first-order valence-corrected chi connectivity index (χ1v) is 6.38. The average molecular weight is 285 g/mol. The van der Waals surface area contributed by atoms with Crippen LogP contribution in [-0.4, -0.2) is 27.8 Å². The lowest BCUT2D eigenvalue weighted by Gasteiger charge is -2.18. The maximum absolute atomic E-state index is 12.4. The molecule has 0 aliphatic rings. The molecule has 1 aromatic heterocycles. The fraction of sp³-hybridized carbons (Fsp3) is 0.200. The van der Waals surface area contributed by atoms with Gasteiger partial charge in [-0.2, -0.15) is 0 Å². The molecule has 0 fully saturated rings. The lowest BCUT2D eigenvalue weighted by Crippen LogP contribution is -2.27. The maximum Gasteiger partial charge on any atom is 0.270 e. The van der Waals surface area contributed by atoms with Gasteiger partial charge in [-0.15, -0.1) is 0 Å². The molecule has 1 heterocycles. The van der Waals surface area contributed by atoms with Crippen LogP contribution in [0.1, 0.15) is 21.5 Å². The van der Waals surface area contributed by atoms with Crippen molar-refractivity contribution in [2.45, 2.75) is 13.5 Å². The number of pyridine rings is 1. The number of nitro groups is 1. The van der Waals surface area contributed by atoms with Crippen LogP contribution >= 0.6 is 0 Å². The van der Waals surface area contributed by atoms with E-state index in [2.05, 4.69) is 4.98 Å². The quantitative estimate of drug-likeness (QED) is 0.639. The summed E-state index contributed by atoms with van der Waals surface area (Å²) < 4.78 is 0. The van der Waals surface area contributed by atoms with Gasteiger partial charge in [-0.1, -0.05) is 12.1 Å². The van der Waals surface area contributed by atoms with Crippen molar-refractivity contribution in [3.05, 3.63) is 69.5 Å². The number of carbonyl (C=O) groups is 1. The number of hydrogen-bond donors (Lipinski definition) is 0. The molecule has 0 bridgehead atoms. The molecule has 0 saturated carbocycles. The van der Waals surface area contributed by atoms with Crippen molar-refractivity contribution in [2.24, 2.45) is 0 Å². The van der Waals surface area contributed by atoms with E-state index in [1.165, 1.54) is 17.0 Å². The van der Waals surface area contributed by atoms with Gasteiger partial charge in [0.05, 0.1) is 4.92 Å². The molecule has 0 atom stereocenters. The summed E-state index contributed by atoms with van der Waals surface area (Å²) in [6.07, 6.45) is 3.35. The number of nitro benzene ring substituents is 1. The van der Waals surface area contributed by atoms with Crippen molar-refractivity contribution >= 4 is 11.6 Å². The first-order valence-electron chi connectivity index (χ1n) is 6.38. The van der Waals surface area contributed by atoms with Crippen molar-refractivity contribution < 1.29 is 9.72 Å². The molecule has 1 amide bonds. The Kier molecular flexibility index (Phi) is 4.27. The molecule has 0 unspecified atom stereocenters. The number of hydrogen-bond acceptors (Lipinski definition) is 4. The summed E-state index contributed by atoms with van der Waals surface area (Å²) in [7, 11) is 1.66. The molecule has 108 valence electrons. The third kappa shape index (κ3) is 3.42. The average Bonchev–Trinajstić information content (AvgIpc) is 2.47. The fourth-order valence-electron chi connectivity index (χ4n) is 2.00. The van der Waals surface area contributed by atoms with E-state index >= 15 is 0 Å². The summed E-state index contributed by atoms with van der Waals surface area (Å²) in [6.45, 7) is 2.16. The van der Waals surface area contributed by atoms with Crippen LogP contribution in [0.4, 0.5) is 5.69 Å². The lowest BCUT2D eigenvalue weighted by atomic mass is 10.1. The predicted molar refractivity (Wildman–Crippen MR) is 77.9 cm³/mol. The van der Waals surface area contributed by atoms with Crippen molar-refractivity contribution in [1.82, 2.24) is 9.88 Å². The molecular formula is C15H15N3O3. The van der Waals surface area contributed by atoms with Crippen LogP contribution in [0.15, 0.2) is 42.7 Å². The highest BCUT2D eigenvalue weighted by Crippen LogP contribution is 2.19. The smallest absolute Gasteiger partial charge is 0.270 e. The van der Waals surface area contributed by atoms with E-state index in [1.54, 1.807) is 38.5 Å². The summed E-state index contributed by atoms with van der Waals surface area (Å²) in [4.78, 5) is 28.3. The Bertz CT molecular complexity index is 671. The number of nitrogens with zero attached hydrogens (tertiary/aromatic N) is 3. The zero-order chi connectivity index (χ0) is 15.4. The normalized spacial score (nSPS) is 10.2.